The number of aliphatic hydroxyl groups is 1. The van der Waals surface area contributed by atoms with E-state index < -0.39 is 0 Å². The largest absolute Gasteiger partial charge is 1.42 e. The Labute approximate surface area is 86.7 Å². The number of benzene rings is 1. The molecule has 0 amide bonds. The zero-order valence-corrected chi connectivity index (χ0v) is 8.89. The van der Waals surface area contributed by atoms with E-state index in [-0.39, 0.29) is 12.4 Å². The number of rotatable bonds is 1. The molecular weight excluding hydrogens is 172 g/mol. The molecule has 0 aromatic heterocycles. The molecule has 0 heterocycles. The maximum absolute atomic E-state index is 7.00. The third-order valence-electron chi connectivity index (χ3n) is 1.13. The minimum Gasteiger partial charge on any atom is -0.400 e. The first-order valence-corrected chi connectivity index (χ1v) is 4.21. The summed E-state index contributed by atoms with van der Waals surface area (Å²) in [4.78, 5) is 0. The second kappa shape index (κ2) is 10.2. The van der Waals surface area contributed by atoms with Crippen LogP contribution in [0.4, 0.5) is 0 Å². The Kier molecular flexibility index (Phi) is 12.8. The van der Waals surface area contributed by atoms with Crippen LogP contribution in [0.25, 0.3) is 0 Å². The average Bonchev–Trinajstić information content (AvgIpc) is 2.10. The highest BCUT2D eigenvalue weighted by molar-refractivity contribution is 6.08. The summed E-state index contributed by atoms with van der Waals surface area (Å²) >= 11 is 1.98. The Balaban J connectivity index is 0. The van der Waals surface area contributed by atoms with Crippen molar-refractivity contribution in [2.45, 2.75) is 4.55 Å². The first-order chi connectivity index (χ1) is 4.93. The van der Waals surface area contributed by atoms with Gasteiger partial charge < -0.3 is 5.11 Å². The molecule has 0 bridgehead atoms. The zero-order chi connectivity index (χ0) is 7.82. The van der Waals surface area contributed by atoms with E-state index in [1.807, 2.05) is 27.8 Å². The molecule has 0 fully saturated rings. The molecule has 0 saturated heterocycles. The smallest absolute Gasteiger partial charge is 0.400 e. The van der Waals surface area contributed by atoms with Crippen molar-refractivity contribution < 1.29 is 5.11 Å². The van der Waals surface area contributed by atoms with E-state index in [0.717, 1.165) is 7.11 Å². The summed E-state index contributed by atoms with van der Waals surface area (Å²) < 4.78 is 1.17. The lowest BCUT2D eigenvalue weighted by atomic mass is 10.2. The van der Waals surface area contributed by atoms with E-state index in [9.17, 15) is 0 Å². The summed E-state index contributed by atoms with van der Waals surface area (Å²) in [5, 5.41) is 7.00. The average molecular weight is 184 g/mol. The Morgan fingerprint density at radius 2 is 1.64 bits per heavy atom. The molecule has 0 aliphatic rings. The Morgan fingerprint density at radius 1 is 1.18 bits per heavy atom. The number of hydrogen-bond acceptors (Lipinski definition) is 1. The van der Waals surface area contributed by atoms with E-state index in [4.69, 9.17) is 5.11 Å². The number of aliphatic hydroxyl groups excluding tert-OH is 1. The van der Waals surface area contributed by atoms with Crippen molar-refractivity contribution in [3.05, 3.63) is 35.9 Å². The topological polar surface area (TPSA) is 20.2 Å². The summed E-state index contributed by atoms with van der Waals surface area (Å²) in [6.07, 6.45) is 0. The van der Waals surface area contributed by atoms with E-state index in [1.54, 1.807) is 0 Å². The fraction of sp³-hybridized carbons (Fsp3) is 0.250. The zero-order valence-electron chi connectivity index (χ0n) is 6.66. The normalized spacial score (nSPS) is 7.18. The minimum absolute atomic E-state index is 0. The molecule has 1 nitrogen and oxygen atoms in total. The Bertz CT molecular complexity index is 155. The van der Waals surface area contributed by atoms with Crippen LogP contribution in [-0.2, 0) is 4.55 Å². The van der Waals surface area contributed by atoms with Crippen molar-refractivity contribution in [2.24, 2.45) is 0 Å². The van der Waals surface area contributed by atoms with E-state index >= 15 is 0 Å². The van der Waals surface area contributed by atoms with Crippen molar-refractivity contribution >= 4 is 34.1 Å². The molecule has 11 heavy (non-hydrogen) atoms. The fourth-order valence-corrected chi connectivity index (χ4v) is 0.978. The van der Waals surface area contributed by atoms with Gasteiger partial charge in [0.05, 0.1) is 0 Å². The van der Waals surface area contributed by atoms with Gasteiger partial charge in [-0.1, -0.05) is 30.3 Å². The maximum atomic E-state index is 7.00. The molecule has 0 aliphatic carbocycles. The van der Waals surface area contributed by atoms with Gasteiger partial charge in [0.25, 0.3) is 4.55 Å². The highest BCUT2D eigenvalue weighted by atomic mass is 35.5. The molecule has 0 atom stereocenters. The summed E-state index contributed by atoms with van der Waals surface area (Å²) in [6.45, 7) is 0. The van der Waals surface area contributed by atoms with Crippen LogP contribution in [0.15, 0.2) is 30.3 Å². The van der Waals surface area contributed by atoms with Gasteiger partial charge in [0.2, 0.25) is 0 Å². The van der Waals surface area contributed by atoms with Gasteiger partial charge in [0.1, 0.15) is 0 Å². The fourth-order valence-electron chi connectivity index (χ4n) is 0.645. The van der Waals surface area contributed by atoms with Gasteiger partial charge in [-0.2, -0.15) is 0 Å². The van der Waals surface area contributed by atoms with Crippen LogP contribution >= 0.6 is 12.4 Å². The summed E-state index contributed by atoms with van der Waals surface area (Å²) in [5.41, 5.74) is 1.42. The van der Waals surface area contributed by atoms with Crippen LogP contribution in [0.1, 0.15) is 5.56 Å². The second-order valence-electron chi connectivity index (χ2n) is 1.74. The lowest BCUT2D eigenvalue weighted by Gasteiger charge is -1.80. The maximum Gasteiger partial charge on any atom is 1.42 e. The van der Waals surface area contributed by atoms with Gasteiger partial charge in [-0.05, 0) is 0 Å². The summed E-state index contributed by atoms with van der Waals surface area (Å²) in [6, 6.07) is 10.5. The van der Waals surface area contributed by atoms with Crippen molar-refractivity contribution in [3.63, 3.8) is 0 Å². The molecule has 1 rings (SSSR count). The molecule has 1 N–H and O–H groups in total. The third kappa shape index (κ3) is 6.63. The molecule has 1 aromatic rings. The second-order valence-corrected chi connectivity index (χ2v) is 2.24. The van der Waals surface area contributed by atoms with Gasteiger partial charge in [-0.15, -0.1) is 12.4 Å². The summed E-state index contributed by atoms with van der Waals surface area (Å²) in [7, 11) is 1.00. The van der Waals surface area contributed by atoms with Crippen LogP contribution in [0.5, 0.6) is 0 Å². The lowest BCUT2D eigenvalue weighted by molar-refractivity contribution is 0.399. The molecule has 1 aromatic carbocycles. The standard InChI is InChI=1S/C7H7.CH4O.ClH.Mg/c1-7-5-3-2-4-6-7;1-2;;/h2-6H,1H2;2H,1H3;1H;/q;;;+2. The monoisotopic (exact) mass is 183 g/mol. The molecule has 57 valence electrons. The van der Waals surface area contributed by atoms with Gasteiger partial charge in [0.15, 0.2) is 0 Å². The molecule has 0 aliphatic heterocycles. The molecule has 0 unspecified atom stereocenters. The van der Waals surface area contributed by atoms with Crippen molar-refractivity contribution in [1.82, 2.24) is 0 Å². The predicted octanol–water partition coefficient (Wildman–Crippen LogP) is 1.39. The Hall–Kier alpha value is 0.236. The van der Waals surface area contributed by atoms with E-state index in [0.29, 0.717) is 0 Å². The van der Waals surface area contributed by atoms with Gasteiger partial charge in [-0.3, -0.25) is 0 Å². The van der Waals surface area contributed by atoms with Crippen molar-refractivity contribution in [3.8, 4) is 0 Å². The van der Waals surface area contributed by atoms with Crippen LogP contribution in [0.3, 0.4) is 0 Å². The van der Waals surface area contributed by atoms with Crippen LogP contribution in [0, 0.1) is 0 Å². The molecule has 3 heteroatoms. The highest BCUT2D eigenvalue weighted by Gasteiger charge is 2.22. The minimum atomic E-state index is 0. The van der Waals surface area contributed by atoms with Crippen molar-refractivity contribution in [2.75, 3.05) is 7.11 Å². The van der Waals surface area contributed by atoms with Gasteiger partial charge >= 0.3 is 21.7 Å². The summed E-state index contributed by atoms with van der Waals surface area (Å²) in [5.74, 6) is 0. The third-order valence-corrected chi connectivity index (χ3v) is 1.71. The molecule has 0 spiro atoms. The number of hydrogen-bond donors (Lipinski definition) is 1. The lowest BCUT2D eigenvalue weighted by Crippen LogP contribution is -1.78. The molecular formula is C8H12ClMgO+2. The SMILES string of the molecule is CO.Cl.[Mg+2][CH2]c1ccccc1. The molecule has 7 radical (unpaired) electrons. The van der Waals surface area contributed by atoms with Gasteiger partial charge in [-0.25, -0.2) is 0 Å². The first kappa shape index (κ1) is 13.8. The van der Waals surface area contributed by atoms with Crippen molar-refractivity contribution in [1.29, 1.82) is 0 Å². The van der Waals surface area contributed by atoms with E-state index in [1.165, 1.54) is 10.1 Å². The Morgan fingerprint density at radius 3 is 1.91 bits per heavy atom. The molecule has 0 saturated carbocycles. The number of halogens is 1. The van der Waals surface area contributed by atoms with Gasteiger partial charge in [0, 0.05) is 12.7 Å². The van der Waals surface area contributed by atoms with Crippen LogP contribution in [-0.4, -0.2) is 33.9 Å². The van der Waals surface area contributed by atoms with Crippen LogP contribution < -0.4 is 0 Å². The quantitative estimate of drug-likeness (QED) is 0.653. The van der Waals surface area contributed by atoms with E-state index in [2.05, 4.69) is 24.3 Å². The first-order valence-electron chi connectivity index (χ1n) is 3.21. The van der Waals surface area contributed by atoms with Crippen LogP contribution in [0.2, 0.25) is 0 Å². The predicted molar refractivity (Wildman–Crippen MR) is 51.3 cm³/mol. The highest BCUT2D eigenvalue weighted by Crippen LogP contribution is 1.95.